The van der Waals surface area contributed by atoms with Gasteiger partial charge in [0.15, 0.2) is 0 Å². The quantitative estimate of drug-likeness (QED) is 0.238. The van der Waals surface area contributed by atoms with Crippen molar-refractivity contribution in [2.75, 3.05) is 13.1 Å². The topological polar surface area (TPSA) is 60.8 Å². The Morgan fingerprint density at radius 3 is 2.53 bits per heavy atom. The zero-order chi connectivity index (χ0) is 23.6. The zero-order valence-corrected chi connectivity index (χ0v) is 21.2. The summed E-state index contributed by atoms with van der Waals surface area (Å²) in [5.41, 5.74) is 0.877. The Balaban J connectivity index is 1.75. The standard InChI is InChI=1S/C28H49NO3/c1-5-8-15-28(4,32)16-11-13-24-25-20-22(19-23(25)21-26(24)30)12-9-10-14-27(31)29(17-6-2)18-7-3/h11,13,19,23-26,30,32H,5-10,12,14-18,20-21H2,1-4H3/t23-,24+,25-,26+,28-/m0/s1. The first-order chi connectivity index (χ1) is 15.3. The summed E-state index contributed by atoms with van der Waals surface area (Å²) < 4.78 is 0. The highest BCUT2D eigenvalue weighted by Gasteiger charge is 2.43. The Morgan fingerprint density at radius 1 is 1.16 bits per heavy atom. The predicted molar refractivity (Wildman–Crippen MR) is 133 cm³/mol. The molecule has 2 aliphatic rings. The lowest BCUT2D eigenvalue weighted by atomic mass is 9.87. The fourth-order valence-electron chi connectivity index (χ4n) is 5.62. The van der Waals surface area contributed by atoms with Crippen LogP contribution in [0.2, 0.25) is 0 Å². The molecule has 0 saturated heterocycles. The third-order valence-corrected chi connectivity index (χ3v) is 7.41. The van der Waals surface area contributed by atoms with Gasteiger partial charge in [-0.05, 0) is 76.5 Å². The van der Waals surface area contributed by atoms with Crippen molar-refractivity contribution in [2.24, 2.45) is 17.8 Å². The molecule has 5 atom stereocenters. The fourth-order valence-corrected chi connectivity index (χ4v) is 5.62. The first kappa shape index (κ1) is 27.1. The van der Waals surface area contributed by atoms with Crippen LogP contribution in [0.4, 0.5) is 0 Å². The molecule has 1 saturated carbocycles. The molecule has 2 rings (SSSR count). The minimum absolute atomic E-state index is 0.203. The highest BCUT2D eigenvalue weighted by Crippen LogP contribution is 2.48. The molecule has 4 nitrogen and oxygen atoms in total. The molecule has 1 amide bonds. The van der Waals surface area contributed by atoms with Crippen molar-refractivity contribution in [1.82, 2.24) is 4.90 Å². The molecule has 2 aliphatic carbocycles. The van der Waals surface area contributed by atoms with E-state index < -0.39 is 5.60 Å². The predicted octanol–water partition coefficient (Wildman–Crippen LogP) is 6.03. The van der Waals surface area contributed by atoms with E-state index in [9.17, 15) is 15.0 Å². The largest absolute Gasteiger partial charge is 0.392 e. The Kier molecular flexibility index (Phi) is 11.5. The van der Waals surface area contributed by atoms with Crippen LogP contribution in [0.3, 0.4) is 0 Å². The van der Waals surface area contributed by atoms with E-state index in [1.165, 1.54) is 5.57 Å². The molecule has 4 heteroatoms. The van der Waals surface area contributed by atoms with Gasteiger partial charge < -0.3 is 15.1 Å². The lowest BCUT2D eigenvalue weighted by molar-refractivity contribution is -0.131. The molecule has 0 spiro atoms. The maximum absolute atomic E-state index is 12.4. The molecule has 0 radical (unpaired) electrons. The number of hydrogen-bond acceptors (Lipinski definition) is 3. The molecular formula is C28H49NO3. The summed E-state index contributed by atoms with van der Waals surface area (Å²) in [4.78, 5) is 14.5. The molecule has 0 aromatic heterocycles. The molecule has 0 aliphatic heterocycles. The average molecular weight is 448 g/mol. The van der Waals surface area contributed by atoms with E-state index in [-0.39, 0.29) is 12.0 Å². The Morgan fingerprint density at radius 2 is 1.88 bits per heavy atom. The van der Waals surface area contributed by atoms with Gasteiger partial charge in [0.05, 0.1) is 11.7 Å². The van der Waals surface area contributed by atoms with Crippen molar-refractivity contribution in [2.45, 2.75) is 116 Å². The van der Waals surface area contributed by atoms with Crippen LogP contribution >= 0.6 is 0 Å². The first-order valence-electron chi connectivity index (χ1n) is 13.4. The van der Waals surface area contributed by atoms with E-state index in [0.29, 0.717) is 30.6 Å². The highest BCUT2D eigenvalue weighted by atomic mass is 16.3. The normalized spacial score (nSPS) is 26.9. The van der Waals surface area contributed by atoms with Crippen molar-refractivity contribution in [1.29, 1.82) is 0 Å². The zero-order valence-electron chi connectivity index (χ0n) is 21.2. The van der Waals surface area contributed by atoms with E-state index >= 15 is 0 Å². The van der Waals surface area contributed by atoms with Crippen molar-refractivity contribution in [3.8, 4) is 0 Å². The number of amides is 1. The lowest BCUT2D eigenvalue weighted by Crippen LogP contribution is -2.32. The van der Waals surface area contributed by atoms with Crippen molar-refractivity contribution in [3.05, 3.63) is 23.8 Å². The summed E-state index contributed by atoms with van der Waals surface area (Å²) in [7, 11) is 0. The molecule has 1 fully saturated rings. The summed E-state index contributed by atoms with van der Waals surface area (Å²) in [6.45, 7) is 10.1. The number of allylic oxidation sites excluding steroid dienone is 2. The van der Waals surface area contributed by atoms with Crippen LogP contribution in [-0.2, 0) is 4.79 Å². The van der Waals surface area contributed by atoms with Gasteiger partial charge in [0.1, 0.15) is 0 Å². The summed E-state index contributed by atoms with van der Waals surface area (Å²) in [6.07, 6.45) is 17.9. The molecule has 184 valence electrons. The van der Waals surface area contributed by atoms with Gasteiger partial charge in [0, 0.05) is 25.4 Å². The lowest BCUT2D eigenvalue weighted by Gasteiger charge is -2.22. The molecule has 0 bridgehead atoms. The second kappa shape index (κ2) is 13.5. The van der Waals surface area contributed by atoms with E-state index in [1.54, 1.807) is 0 Å². The number of aliphatic hydroxyl groups is 2. The number of hydrogen-bond donors (Lipinski definition) is 2. The number of aliphatic hydroxyl groups excluding tert-OH is 1. The third kappa shape index (κ3) is 8.33. The Bertz CT molecular complexity index is 618. The number of fused-ring (bicyclic) bond motifs is 1. The molecule has 0 aromatic rings. The Labute approximate surface area is 197 Å². The molecular weight excluding hydrogens is 398 g/mol. The number of carbonyl (C=O) groups is 1. The van der Waals surface area contributed by atoms with Gasteiger partial charge in [-0.1, -0.05) is 57.4 Å². The van der Waals surface area contributed by atoms with Gasteiger partial charge in [-0.15, -0.1) is 0 Å². The maximum atomic E-state index is 12.4. The van der Waals surface area contributed by atoms with Crippen LogP contribution < -0.4 is 0 Å². The molecule has 0 heterocycles. The average Bonchev–Trinajstić information content (AvgIpc) is 3.26. The minimum Gasteiger partial charge on any atom is -0.392 e. The van der Waals surface area contributed by atoms with E-state index in [2.05, 4.69) is 39.0 Å². The number of rotatable bonds is 15. The van der Waals surface area contributed by atoms with Crippen LogP contribution in [0.25, 0.3) is 0 Å². The summed E-state index contributed by atoms with van der Waals surface area (Å²) >= 11 is 0. The van der Waals surface area contributed by atoms with Crippen LogP contribution in [-0.4, -0.2) is 45.8 Å². The monoisotopic (exact) mass is 447 g/mol. The van der Waals surface area contributed by atoms with Crippen LogP contribution in [0.5, 0.6) is 0 Å². The summed E-state index contributed by atoms with van der Waals surface area (Å²) in [5.74, 6) is 1.51. The number of unbranched alkanes of at least 4 members (excludes halogenated alkanes) is 2. The molecule has 2 N–H and O–H groups in total. The molecule has 0 aromatic carbocycles. The first-order valence-corrected chi connectivity index (χ1v) is 13.4. The SMILES string of the molecule is CCCC[C@](C)(O)CC=C[C@@H]1[C@H]2CC(CCCCC(=O)N(CCC)CCC)=C[C@H]2C[C@H]1O. The van der Waals surface area contributed by atoms with Gasteiger partial charge in [0.25, 0.3) is 0 Å². The maximum Gasteiger partial charge on any atom is 0.222 e. The summed E-state index contributed by atoms with van der Waals surface area (Å²) in [6, 6.07) is 0. The van der Waals surface area contributed by atoms with Crippen LogP contribution in [0.15, 0.2) is 23.8 Å². The van der Waals surface area contributed by atoms with Gasteiger partial charge in [-0.25, -0.2) is 0 Å². The summed E-state index contributed by atoms with van der Waals surface area (Å²) in [5, 5.41) is 21.1. The van der Waals surface area contributed by atoms with Gasteiger partial charge in [-0.2, -0.15) is 0 Å². The minimum atomic E-state index is -0.643. The van der Waals surface area contributed by atoms with Gasteiger partial charge in [-0.3, -0.25) is 4.79 Å². The molecule has 0 unspecified atom stereocenters. The van der Waals surface area contributed by atoms with E-state index in [4.69, 9.17) is 0 Å². The van der Waals surface area contributed by atoms with Crippen molar-refractivity contribution >= 4 is 5.91 Å². The van der Waals surface area contributed by atoms with E-state index in [0.717, 1.165) is 77.3 Å². The number of carbonyl (C=O) groups excluding carboxylic acids is 1. The van der Waals surface area contributed by atoms with Crippen molar-refractivity contribution < 1.29 is 15.0 Å². The third-order valence-electron chi connectivity index (χ3n) is 7.41. The second-order valence-corrected chi connectivity index (χ2v) is 10.6. The van der Waals surface area contributed by atoms with E-state index in [1.807, 2.05) is 11.8 Å². The Hall–Kier alpha value is -1.13. The smallest absolute Gasteiger partial charge is 0.222 e. The van der Waals surface area contributed by atoms with Gasteiger partial charge in [0.2, 0.25) is 5.91 Å². The van der Waals surface area contributed by atoms with Crippen LogP contribution in [0, 0.1) is 17.8 Å². The van der Waals surface area contributed by atoms with Crippen molar-refractivity contribution in [3.63, 3.8) is 0 Å². The van der Waals surface area contributed by atoms with Gasteiger partial charge >= 0.3 is 0 Å². The highest BCUT2D eigenvalue weighted by molar-refractivity contribution is 5.76. The fraction of sp³-hybridized carbons (Fsp3) is 0.821. The van der Waals surface area contributed by atoms with Crippen LogP contribution in [0.1, 0.15) is 105 Å². The second-order valence-electron chi connectivity index (χ2n) is 10.6. The molecule has 32 heavy (non-hydrogen) atoms. The number of nitrogens with zero attached hydrogens (tertiary/aromatic N) is 1.